The number of nitrogens with zero attached hydrogens (tertiary/aromatic N) is 2. The molecule has 1 amide bonds. The number of ether oxygens (including phenoxy) is 1. The molecule has 7 heteroatoms. The summed E-state index contributed by atoms with van der Waals surface area (Å²) in [6.45, 7) is 0.778. The molecule has 1 fully saturated rings. The van der Waals surface area contributed by atoms with Crippen molar-refractivity contribution in [2.75, 3.05) is 19.7 Å². The number of rotatable bonds is 5. The summed E-state index contributed by atoms with van der Waals surface area (Å²) >= 11 is 0. The number of aromatic amines is 1. The van der Waals surface area contributed by atoms with Crippen LogP contribution < -0.4 is 10.3 Å². The number of aromatic nitrogens is 1. The molecular formula is C24H22FN3O3. The first-order chi connectivity index (χ1) is 15.0. The summed E-state index contributed by atoms with van der Waals surface area (Å²) < 4.78 is 18.9. The van der Waals surface area contributed by atoms with Gasteiger partial charge in [0, 0.05) is 24.5 Å². The lowest BCUT2D eigenvalue weighted by Crippen LogP contribution is -2.45. The highest BCUT2D eigenvalue weighted by atomic mass is 19.1. The highest BCUT2D eigenvalue weighted by molar-refractivity contribution is 5.85. The van der Waals surface area contributed by atoms with E-state index in [0.717, 1.165) is 10.9 Å². The fourth-order valence-corrected chi connectivity index (χ4v) is 4.01. The van der Waals surface area contributed by atoms with Crippen LogP contribution in [0.4, 0.5) is 4.39 Å². The number of piperidine rings is 1. The molecule has 1 aliphatic rings. The molecule has 0 atom stereocenters. The second kappa shape index (κ2) is 8.60. The van der Waals surface area contributed by atoms with Crippen molar-refractivity contribution < 1.29 is 13.9 Å². The van der Waals surface area contributed by atoms with Crippen LogP contribution in [0.15, 0.2) is 59.4 Å². The van der Waals surface area contributed by atoms with E-state index < -0.39 is 5.41 Å². The van der Waals surface area contributed by atoms with Crippen molar-refractivity contribution in [3.8, 4) is 11.8 Å². The summed E-state index contributed by atoms with van der Waals surface area (Å²) in [6.07, 6.45) is 1.63. The maximum absolute atomic E-state index is 13.1. The van der Waals surface area contributed by atoms with Crippen LogP contribution in [-0.2, 0) is 11.2 Å². The number of hydrogen-bond donors (Lipinski definition) is 1. The quantitative estimate of drug-likeness (QED) is 0.687. The minimum atomic E-state index is -0.565. The number of nitrogens with one attached hydrogen (secondary N) is 1. The molecule has 158 valence electrons. The minimum Gasteiger partial charge on any atom is -0.482 e. The molecule has 0 unspecified atom stereocenters. The number of nitriles is 1. The van der Waals surface area contributed by atoms with Gasteiger partial charge in [-0.25, -0.2) is 4.39 Å². The third-order valence-electron chi connectivity index (χ3n) is 5.84. The van der Waals surface area contributed by atoms with Crippen LogP contribution in [0.3, 0.4) is 0 Å². The van der Waals surface area contributed by atoms with Crippen molar-refractivity contribution in [2.24, 2.45) is 5.41 Å². The van der Waals surface area contributed by atoms with Crippen LogP contribution in [0.5, 0.6) is 5.75 Å². The molecule has 2 heterocycles. The number of benzene rings is 2. The molecule has 1 aromatic heterocycles. The van der Waals surface area contributed by atoms with Crippen molar-refractivity contribution >= 4 is 16.8 Å². The monoisotopic (exact) mass is 419 g/mol. The van der Waals surface area contributed by atoms with Gasteiger partial charge in [0.15, 0.2) is 6.61 Å². The predicted molar refractivity (Wildman–Crippen MR) is 114 cm³/mol. The fraction of sp³-hybridized carbons (Fsp3) is 0.292. The summed E-state index contributed by atoms with van der Waals surface area (Å²) in [5.74, 6) is -0.0164. The van der Waals surface area contributed by atoms with Gasteiger partial charge in [-0.1, -0.05) is 24.3 Å². The molecule has 0 spiro atoms. The number of amides is 1. The standard InChI is InChI=1S/C24H22FN3O3/c25-19-7-4-17(5-8-19)14-24(16-26)10-12-28(13-11-24)22(30)15-31-20-3-1-2-18-6-9-21(29)27-23(18)20/h1-9H,10-15H2,(H,27,29). The van der Waals surface area contributed by atoms with E-state index in [-0.39, 0.29) is 23.9 Å². The maximum Gasteiger partial charge on any atom is 0.260 e. The zero-order valence-corrected chi connectivity index (χ0v) is 16.9. The zero-order chi connectivity index (χ0) is 21.8. The zero-order valence-electron chi connectivity index (χ0n) is 16.9. The van der Waals surface area contributed by atoms with Gasteiger partial charge in [-0.15, -0.1) is 0 Å². The number of H-pyrrole nitrogens is 1. The second-order valence-electron chi connectivity index (χ2n) is 7.91. The van der Waals surface area contributed by atoms with Crippen LogP contribution in [0, 0.1) is 22.6 Å². The molecule has 2 aromatic carbocycles. The molecule has 0 aliphatic carbocycles. The lowest BCUT2D eigenvalue weighted by atomic mass is 9.75. The van der Waals surface area contributed by atoms with E-state index in [1.165, 1.54) is 18.2 Å². The topological polar surface area (TPSA) is 86.2 Å². The normalized spacial score (nSPS) is 15.4. The minimum absolute atomic E-state index is 0.145. The van der Waals surface area contributed by atoms with Crippen molar-refractivity contribution in [3.63, 3.8) is 0 Å². The molecule has 1 N–H and O–H groups in total. The van der Waals surface area contributed by atoms with E-state index in [2.05, 4.69) is 11.1 Å². The Balaban J connectivity index is 1.37. The van der Waals surface area contributed by atoms with Gasteiger partial charge in [-0.2, -0.15) is 5.26 Å². The smallest absolute Gasteiger partial charge is 0.260 e. The first-order valence-corrected chi connectivity index (χ1v) is 10.2. The van der Waals surface area contributed by atoms with E-state index in [1.807, 2.05) is 6.07 Å². The highest BCUT2D eigenvalue weighted by Crippen LogP contribution is 2.34. The van der Waals surface area contributed by atoms with Gasteiger partial charge < -0.3 is 14.6 Å². The number of para-hydroxylation sites is 1. The molecule has 0 bridgehead atoms. The highest BCUT2D eigenvalue weighted by Gasteiger charge is 2.36. The second-order valence-corrected chi connectivity index (χ2v) is 7.91. The maximum atomic E-state index is 13.1. The van der Waals surface area contributed by atoms with Gasteiger partial charge in [-0.3, -0.25) is 9.59 Å². The van der Waals surface area contributed by atoms with Crippen LogP contribution in [0.2, 0.25) is 0 Å². The number of carbonyl (C=O) groups excluding carboxylic acids is 1. The number of pyridine rings is 1. The first kappa shape index (κ1) is 20.6. The average Bonchev–Trinajstić information content (AvgIpc) is 2.79. The van der Waals surface area contributed by atoms with E-state index in [9.17, 15) is 19.2 Å². The van der Waals surface area contributed by atoms with Crippen molar-refractivity contribution in [1.29, 1.82) is 5.26 Å². The predicted octanol–water partition coefficient (Wildman–Crippen LogP) is 3.42. The number of fused-ring (bicyclic) bond motifs is 1. The molecule has 0 radical (unpaired) electrons. The van der Waals surface area contributed by atoms with Crippen molar-refractivity contribution in [2.45, 2.75) is 19.3 Å². The average molecular weight is 419 g/mol. The molecule has 4 rings (SSSR count). The Morgan fingerprint density at radius 2 is 1.87 bits per heavy atom. The van der Waals surface area contributed by atoms with Crippen LogP contribution >= 0.6 is 0 Å². The van der Waals surface area contributed by atoms with E-state index >= 15 is 0 Å². The van der Waals surface area contributed by atoms with Gasteiger partial charge in [0.25, 0.3) is 5.91 Å². The van der Waals surface area contributed by atoms with Gasteiger partial charge in [0.05, 0.1) is 17.0 Å². The Morgan fingerprint density at radius 1 is 1.13 bits per heavy atom. The summed E-state index contributed by atoms with van der Waals surface area (Å²) in [4.78, 5) is 28.7. The first-order valence-electron chi connectivity index (χ1n) is 10.2. The van der Waals surface area contributed by atoms with E-state index in [0.29, 0.717) is 43.6 Å². The molecule has 3 aromatic rings. The molecule has 0 saturated carbocycles. The Kier molecular flexibility index (Phi) is 5.72. The lowest BCUT2D eigenvalue weighted by molar-refractivity contribution is -0.135. The molecule has 1 aliphatic heterocycles. The number of carbonyl (C=O) groups is 1. The fourth-order valence-electron chi connectivity index (χ4n) is 4.01. The molecule has 31 heavy (non-hydrogen) atoms. The van der Waals surface area contributed by atoms with E-state index in [4.69, 9.17) is 4.74 Å². The van der Waals surface area contributed by atoms with Crippen molar-refractivity contribution in [3.05, 3.63) is 76.3 Å². The summed E-state index contributed by atoms with van der Waals surface area (Å²) in [6, 6.07) is 17.2. The van der Waals surface area contributed by atoms with Gasteiger partial charge in [0.1, 0.15) is 11.6 Å². The molecular weight excluding hydrogens is 397 g/mol. The van der Waals surface area contributed by atoms with Crippen LogP contribution in [-0.4, -0.2) is 35.5 Å². The Bertz CT molecular complexity index is 1190. The largest absolute Gasteiger partial charge is 0.482 e. The number of likely N-dealkylation sites (tertiary alicyclic amines) is 1. The van der Waals surface area contributed by atoms with Crippen LogP contribution in [0.1, 0.15) is 18.4 Å². The summed E-state index contributed by atoms with van der Waals surface area (Å²) in [7, 11) is 0. The van der Waals surface area contributed by atoms with Crippen LogP contribution in [0.25, 0.3) is 10.9 Å². The molecule has 6 nitrogen and oxygen atoms in total. The third-order valence-corrected chi connectivity index (χ3v) is 5.84. The third kappa shape index (κ3) is 4.58. The van der Waals surface area contributed by atoms with Crippen molar-refractivity contribution in [1.82, 2.24) is 9.88 Å². The number of halogens is 1. The Morgan fingerprint density at radius 3 is 2.58 bits per heavy atom. The van der Waals surface area contributed by atoms with Gasteiger partial charge in [-0.05, 0) is 49.1 Å². The van der Waals surface area contributed by atoms with Gasteiger partial charge in [0.2, 0.25) is 5.56 Å². The SMILES string of the molecule is N#CC1(Cc2ccc(F)cc2)CCN(C(=O)COc2cccc3ccc(=O)[nH]c23)CC1. The van der Waals surface area contributed by atoms with Gasteiger partial charge >= 0.3 is 0 Å². The number of hydrogen-bond acceptors (Lipinski definition) is 4. The Labute approximate surface area is 178 Å². The Hall–Kier alpha value is -3.66. The summed E-state index contributed by atoms with van der Waals surface area (Å²) in [5.41, 5.74) is 0.671. The molecule has 1 saturated heterocycles. The summed E-state index contributed by atoms with van der Waals surface area (Å²) in [5, 5.41) is 10.6. The van der Waals surface area contributed by atoms with E-state index in [1.54, 1.807) is 35.2 Å². The lowest BCUT2D eigenvalue weighted by Gasteiger charge is -2.37.